The molecular weight excluding hydrogens is 358 g/mol. The molecule has 1 amide bonds. The summed E-state index contributed by atoms with van der Waals surface area (Å²) in [7, 11) is 0. The lowest BCUT2D eigenvalue weighted by atomic mass is 10.0. The predicted octanol–water partition coefficient (Wildman–Crippen LogP) is 4.36. The van der Waals surface area contributed by atoms with Crippen LogP contribution in [0, 0.1) is 0 Å². The van der Waals surface area contributed by atoms with Crippen molar-refractivity contribution in [2.45, 2.75) is 0 Å². The van der Waals surface area contributed by atoms with Crippen molar-refractivity contribution in [3.05, 3.63) is 83.6 Å². The Morgan fingerprint density at radius 1 is 0.926 bits per heavy atom. The summed E-state index contributed by atoms with van der Waals surface area (Å²) in [6.07, 6.45) is 3.41. The van der Waals surface area contributed by atoms with Gasteiger partial charge in [0.15, 0.2) is 0 Å². The van der Waals surface area contributed by atoms with Crippen LogP contribution in [0.1, 0.15) is 10.4 Å². The summed E-state index contributed by atoms with van der Waals surface area (Å²) >= 11 is 6.10. The van der Waals surface area contributed by atoms with Gasteiger partial charge in [-0.2, -0.15) is 0 Å². The van der Waals surface area contributed by atoms with Gasteiger partial charge in [0.1, 0.15) is 0 Å². The molecule has 0 bridgehead atoms. The Kier molecular flexibility index (Phi) is 5.07. The number of pyridine rings is 1. The Morgan fingerprint density at radius 2 is 1.70 bits per heavy atom. The van der Waals surface area contributed by atoms with Crippen LogP contribution in [-0.4, -0.2) is 42.0 Å². The molecule has 4 rings (SSSR count). The molecule has 1 aliphatic rings. The van der Waals surface area contributed by atoms with E-state index < -0.39 is 0 Å². The maximum Gasteiger partial charge on any atom is 0.256 e. The van der Waals surface area contributed by atoms with Gasteiger partial charge >= 0.3 is 0 Å². The van der Waals surface area contributed by atoms with E-state index in [1.165, 1.54) is 0 Å². The van der Waals surface area contributed by atoms with Crippen molar-refractivity contribution >= 4 is 23.2 Å². The lowest BCUT2D eigenvalue weighted by Gasteiger charge is -2.36. The first kappa shape index (κ1) is 17.6. The highest BCUT2D eigenvalue weighted by molar-refractivity contribution is 6.30. The molecule has 2 heterocycles. The molecule has 0 atom stereocenters. The molecule has 1 aromatic heterocycles. The van der Waals surface area contributed by atoms with Gasteiger partial charge in [-0.25, -0.2) is 0 Å². The molecule has 27 heavy (non-hydrogen) atoms. The minimum atomic E-state index is 0.0349. The second-order valence-corrected chi connectivity index (χ2v) is 6.98. The zero-order chi connectivity index (χ0) is 18.6. The van der Waals surface area contributed by atoms with E-state index >= 15 is 0 Å². The number of aromatic nitrogens is 1. The summed E-state index contributed by atoms with van der Waals surface area (Å²) in [4.78, 5) is 21.5. The number of carbonyl (C=O) groups excluding carboxylic acids is 1. The summed E-state index contributed by atoms with van der Waals surface area (Å²) < 4.78 is 0. The number of hydrogen-bond donors (Lipinski definition) is 0. The predicted molar refractivity (Wildman–Crippen MR) is 109 cm³/mol. The van der Waals surface area contributed by atoms with Crippen LogP contribution in [0.2, 0.25) is 5.02 Å². The average Bonchev–Trinajstić information content (AvgIpc) is 2.74. The number of amides is 1. The molecule has 0 N–H and O–H groups in total. The van der Waals surface area contributed by atoms with E-state index in [0.29, 0.717) is 18.7 Å². The monoisotopic (exact) mass is 377 g/mol. The highest BCUT2D eigenvalue weighted by Gasteiger charge is 2.24. The Balaban J connectivity index is 1.51. The van der Waals surface area contributed by atoms with E-state index in [1.807, 2.05) is 59.5 Å². The van der Waals surface area contributed by atoms with Gasteiger partial charge in [0.2, 0.25) is 0 Å². The number of benzene rings is 2. The number of nitrogens with zero attached hydrogens (tertiary/aromatic N) is 3. The zero-order valence-electron chi connectivity index (χ0n) is 14.9. The average molecular weight is 378 g/mol. The lowest BCUT2D eigenvalue weighted by molar-refractivity contribution is 0.0747. The van der Waals surface area contributed by atoms with Gasteiger partial charge in [0.25, 0.3) is 5.91 Å². The fourth-order valence-corrected chi connectivity index (χ4v) is 3.63. The van der Waals surface area contributed by atoms with Crippen LogP contribution < -0.4 is 4.90 Å². The standard InChI is InChI=1S/C22H20ClN3O/c23-18-7-4-8-19(15-18)25-11-13-26(14-12-25)22(27)21-16-24-10-9-20(21)17-5-2-1-3-6-17/h1-10,15-16H,11-14H2. The van der Waals surface area contributed by atoms with Crippen LogP contribution in [0.25, 0.3) is 11.1 Å². The second-order valence-electron chi connectivity index (χ2n) is 6.55. The number of anilines is 1. The molecular formula is C22H20ClN3O. The van der Waals surface area contributed by atoms with Crippen molar-refractivity contribution < 1.29 is 4.79 Å². The van der Waals surface area contributed by atoms with E-state index in [9.17, 15) is 4.79 Å². The number of hydrogen-bond acceptors (Lipinski definition) is 3. The van der Waals surface area contributed by atoms with E-state index in [4.69, 9.17) is 11.6 Å². The van der Waals surface area contributed by atoms with Crippen LogP contribution in [0.3, 0.4) is 0 Å². The Bertz CT molecular complexity index is 937. The SMILES string of the molecule is O=C(c1cnccc1-c1ccccc1)N1CCN(c2cccc(Cl)c2)CC1. The normalized spacial score (nSPS) is 14.3. The molecule has 1 aliphatic heterocycles. The highest BCUT2D eigenvalue weighted by Crippen LogP contribution is 2.25. The first-order valence-electron chi connectivity index (χ1n) is 9.01. The van der Waals surface area contributed by atoms with Crippen LogP contribution in [0.4, 0.5) is 5.69 Å². The van der Waals surface area contributed by atoms with Gasteiger partial charge in [0, 0.05) is 49.3 Å². The fourth-order valence-electron chi connectivity index (χ4n) is 3.45. The van der Waals surface area contributed by atoms with E-state index in [1.54, 1.807) is 12.4 Å². The largest absolute Gasteiger partial charge is 0.368 e. The van der Waals surface area contributed by atoms with Crippen LogP contribution in [0.15, 0.2) is 73.1 Å². The maximum absolute atomic E-state index is 13.1. The van der Waals surface area contributed by atoms with Gasteiger partial charge < -0.3 is 9.80 Å². The molecule has 4 nitrogen and oxygen atoms in total. The molecule has 1 fully saturated rings. The van der Waals surface area contributed by atoms with Crippen molar-refractivity contribution in [3.8, 4) is 11.1 Å². The Hall–Kier alpha value is -2.85. The summed E-state index contributed by atoms with van der Waals surface area (Å²) in [6.45, 7) is 2.92. The van der Waals surface area contributed by atoms with Crippen LogP contribution >= 0.6 is 11.6 Å². The Labute approximate surface area is 164 Å². The first-order chi connectivity index (χ1) is 13.2. The summed E-state index contributed by atoms with van der Waals surface area (Å²) in [5.41, 5.74) is 3.70. The molecule has 0 radical (unpaired) electrons. The van der Waals surface area contributed by atoms with E-state index in [-0.39, 0.29) is 5.91 Å². The zero-order valence-corrected chi connectivity index (χ0v) is 15.6. The molecule has 0 spiro atoms. The van der Waals surface area contributed by atoms with E-state index in [2.05, 4.69) is 16.0 Å². The molecule has 1 saturated heterocycles. The van der Waals surface area contributed by atoms with Crippen molar-refractivity contribution in [1.29, 1.82) is 0 Å². The third kappa shape index (κ3) is 3.81. The quantitative estimate of drug-likeness (QED) is 0.680. The topological polar surface area (TPSA) is 36.4 Å². The number of rotatable bonds is 3. The minimum absolute atomic E-state index is 0.0349. The fraction of sp³-hybridized carbons (Fsp3) is 0.182. The summed E-state index contributed by atoms with van der Waals surface area (Å²) in [5, 5.41) is 0.730. The molecule has 5 heteroatoms. The van der Waals surface area contributed by atoms with Gasteiger partial charge in [-0.1, -0.05) is 48.0 Å². The summed E-state index contributed by atoms with van der Waals surface area (Å²) in [5.74, 6) is 0.0349. The number of piperazine rings is 1. The minimum Gasteiger partial charge on any atom is -0.368 e. The summed E-state index contributed by atoms with van der Waals surface area (Å²) in [6, 6.07) is 19.7. The van der Waals surface area contributed by atoms with Gasteiger partial charge in [0.05, 0.1) is 5.56 Å². The molecule has 0 aliphatic carbocycles. The third-order valence-electron chi connectivity index (χ3n) is 4.88. The lowest BCUT2D eigenvalue weighted by Crippen LogP contribution is -2.48. The number of halogens is 1. The van der Waals surface area contributed by atoms with E-state index in [0.717, 1.165) is 34.9 Å². The third-order valence-corrected chi connectivity index (χ3v) is 5.11. The molecule has 2 aromatic carbocycles. The molecule has 0 unspecified atom stereocenters. The van der Waals surface area contributed by atoms with Crippen molar-refractivity contribution in [3.63, 3.8) is 0 Å². The van der Waals surface area contributed by atoms with Crippen LogP contribution in [0.5, 0.6) is 0 Å². The molecule has 3 aromatic rings. The second kappa shape index (κ2) is 7.80. The molecule has 0 saturated carbocycles. The smallest absolute Gasteiger partial charge is 0.256 e. The van der Waals surface area contributed by atoms with Crippen LogP contribution in [-0.2, 0) is 0 Å². The number of carbonyl (C=O) groups is 1. The van der Waals surface area contributed by atoms with Gasteiger partial charge in [-0.15, -0.1) is 0 Å². The maximum atomic E-state index is 13.1. The van der Waals surface area contributed by atoms with Crippen molar-refractivity contribution in [2.24, 2.45) is 0 Å². The van der Waals surface area contributed by atoms with Gasteiger partial charge in [-0.05, 0) is 35.4 Å². The Morgan fingerprint density at radius 3 is 2.44 bits per heavy atom. The van der Waals surface area contributed by atoms with Crippen molar-refractivity contribution in [1.82, 2.24) is 9.88 Å². The van der Waals surface area contributed by atoms with Gasteiger partial charge in [-0.3, -0.25) is 9.78 Å². The first-order valence-corrected chi connectivity index (χ1v) is 9.39. The van der Waals surface area contributed by atoms with Crippen molar-refractivity contribution in [2.75, 3.05) is 31.1 Å². The molecule has 136 valence electrons. The highest BCUT2D eigenvalue weighted by atomic mass is 35.5.